The summed E-state index contributed by atoms with van der Waals surface area (Å²) in [5.41, 5.74) is -0.161. The molecule has 0 aliphatic rings. The molecule has 0 aliphatic heterocycles. The number of halogens is 1. The van der Waals surface area contributed by atoms with E-state index in [-0.39, 0.29) is 16.6 Å². The third-order valence-corrected chi connectivity index (χ3v) is 3.90. The number of H-pyrrole nitrogens is 1. The fraction of sp³-hybridized carbons (Fsp3) is 0.667. The highest BCUT2D eigenvalue weighted by Crippen LogP contribution is 2.09. The van der Waals surface area contributed by atoms with E-state index in [9.17, 15) is 9.59 Å². The Morgan fingerprint density at radius 1 is 1.44 bits per heavy atom. The Kier molecular flexibility index (Phi) is 6.02. The number of aromatic amines is 1. The van der Waals surface area contributed by atoms with E-state index in [1.54, 1.807) is 11.8 Å². The van der Waals surface area contributed by atoms with Gasteiger partial charge in [-0.15, -0.1) is 0 Å². The molecule has 0 saturated carbocycles. The largest absolute Gasteiger partial charge is 0.329 e. The van der Waals surface area contributed by atoms with Crippen molar-refractivity contribution in [1.82, 2.24) is 9.55 Å². The van der Waals surface area contributed by atoms with Crippen LogP contribution >= 0.6 is 23.4 Å². The molecule has 0 radical (unpaired) electrons. The Morgan fingerprint density at radius 2 is 2.11 bits per heavy atom. The van der Waals surface area contributed by atoms with Crippen molar-refractivity contribution >= 4 is 23.4 Å². The third kappa shape index (κ3) is 3.65. The fourth-order valence-electron chi connectivity index (χ4n) is 1.87. The standard InChI is InChI=1S/C12H19ClN2O2S/c1-4-5-9-10(13)14-12(17)15(11(9)16)6-8(2)7-18-3/h8H,4-7H2,1-3H3,(H,14,17). The van der Waals surface area contributed by atoms with Gasteiger partial charge >= 0.3 is 5.69 Å². The molecular formula is C12H19ClN2O2S. The predicted molar refractivity (Wildman–Crippen MR) is 77.9 cm³/mol. The van der Waals surface area contributed by atoms with Gasteiger partial charge in [0.2, 0.25) is 0 Å². The maximum absolute atomic E-state index is 12.2. The molecule has 1 aromatic heterocycles. The van der Waals surface area contributed by atoms with Crippen LogP contribution in [0.2, 0.25) is 5.15 Å². The minimum Gasteiger partial charge on any atom is -0.297 e. The second-order valence-electron chi connectivity index (χ2n) is 4.45. The van der Waals surface area contributed by atoms with Gasteiger partial charge in [0.15, 0.2) is 0 Å². The highest BCUT2D eigenvalue weighted by molar-refractivity contribution is 7.98. The molecule has 6 heteroatoms. The van der Waals surface area contributed by atoms with Gasteiger partial charge in [-0.2, -0.15) is 11.8 Å². The molecule has 0 spiro atoms. The lowest BCUT2D eigenvalue weighted by atomic mass is 10.2. The molecule has 1 atom stereocenters. The average Bonchev–Trinajstić information content (AvgIpc) is 2.30. The van der Waals surface area contributed by atoms with Crippen molar-refractivity contribution in [3.05, 3.63) is 31.6 Å². The molecule has 1 heterocycles. The first-order valence-electron chi connectivity index (χ1n) is 6.01. The minimum absolute atomic E-state index is 0.181. The van der Waals surface area contributed by atoms with Crippen molar-refractivity contribution in [2.24, 2.45) is 5.92 Å². The lowest BCUT2D eigenvalue weighted by Crippen LogP contribution is -2.39. The van der Waals surface area contributed by atoms with Crippen molar-refractivity contribution in [3.8, 4) is 0 Å². The molecule has 1 unspecified atom stereocenters. The van der Waals surface area contributed by atoms with Crippen LogP contribution in [0.15, 0.2) is 9.59 Å². The SMILES string of the molecule is CCCc1c(Cl)[nH]c(=O)n(CC(C)CSC)c1=O. The number of hydrogen-bond donors (Lipinski definition) is 1. The Balaban J connectivity index is 3.15. The van der Waals surface area contributed by atoms with Gasteiger partial charge in [-0.1, -0.05) is 31.9 Å². The minimum atomic E-state index is -0.419. The monoisotopic (exact) mass is 290 g/mol. The fourth-order valence-corrected chi connectivity index (χ4v) is 2.80. The Labute approximate surface area is 116 Å². The van der Waals surface area contributed by atoms with Crippen LogP contribution in [0.5, 0.6) is 0 Å². The van der Waals surface area contributed by atoms with Crippen LogP contribution in [0.3, 0.4) is 0 Å². The smallest absolute Gasteiger partial charge is 0.297 e. The van der Waals surface area contributed by atoms with Gasteiger partial charge in [-0.05, 0) is 24.3 Å². The van der Waals surface area contributed by atoms with E-state index in [0.717, 1.165) is 12.2 Å². The summed E-state index contributed by atoms with van der Waals surface area (Å²) in [6, 6.07) is 0. The van der Waals surface area contributed by atoms with Crippen LogP contribution in [-0.4, -0.2) is 21.6 Å². The second-order valence-corrected chi connectivity index (χ2v) is 5.74. The molecule has 1 N–H and O–H groups in total. The summed E-state index contributed by atoms with van der Waals surface area (Å²) in [6.45, 7) is 4.43. The Morgan fingerprint density at radius 3 is 2.67 bits per heavy atom. The van der Waals surface area contributed by atoms with E-state index < -0.39 is 5.69 Å². The molecule has 0 aliphatic carbocycles. The lowest BCUT2D eigenvalue weighted by molar-refractivity contribution is 0.495. The molecule has 1 rings (SSSR count). The summed E-state index contributed by atoms with van der Waals surface area (Å²) in [6.07, 6.45) is 3.42. The molecule has 0 bridgehead atoms. The molecule has 1 aromatic rings. The maximum Gasteiger partial charge on any atom is 0.329 e. The molecule has 4 nitrogen and oxygen atoms in total. The molecule has 0 aromatic carbocycles. The highest BCUT2D eigenvalue weighted by Gasteiger charge is 2.13. The zero-order valence-electron chi connectivity index (χ0n) is 11.0. The summed E-state index contributed by atoms with van der Waals surface area (Å²) in [7, 11) is 0. The zero-order chi connectivity index (χ0) is 13.7. The van der Waals surface area contributed by atoms with Crippen molar-refractivity contribution in [2.75, 3.05) is 12.0 Å². The first-order chi connectivity index (χ1) is 8.51. The van der Waals surface area contributed by atoms with E-state index in [0.29, 0.717) is 18.5 Å². The number of aromatic nitrogens is 2. The van der Waals surface area contributed by atoms with E-state index in [1.807, 2.05) is 20.1 Å². The maximum atomic E-state index is 12.2. The second kappa shape index (κ2) is 7.04. The van der Waals surface area contributed by atoms with Crippen LogP contribution in [0.25, 0.3) is 0 Å². The Bertz CT molecular complexity index is 510. The first kappa shape index (κ1) is 15.4. The molecule has 0 amide bonds. The summed E-state index contributed by atoms with van der Waals surface area (Å²) in [5, 5.41) is 0.181. The van der Waals surface area contributed by atoms with Gasteiger partial charge < -0.3 is 0 Å². The number of thioether (sulfide) groups is 1. The summed E-state index contributed by atoms with van der Waals surface area (Å²) >= 11 is 7.61. The van der Waals surface area contributed by atoms with Crippen LogP contribution in [0.1, 0.15) is 25.8 Å². The van der Waals surface area contributed by atoms with Gasteiger partial charge in [0.1, 0.15) is 5.15 Å². The zero-order valence-corrected chi connectivity index (χ0v) is 12.5. The molecular weight excluding hydrogens is 272 g/mol. The van der Waals surface area contributed by atoms with Gasteiger partial charge in [-0.25, -0.2) is 4.79 Å². The van der Waals surface area contributed by atoms with E-state index in [1.165, 1.54) is 4.57 Å². The lowest BCUT2D eigenvalue weighted by Gasteiger charge is -2.13. The van der Waals surface area contributed by atoms with Crippen molar-refractivity contribution in [2.45, 2.75) is 33.2 Å². The quantitative estimate of drug-likeness (QED) is 0.817. The molecule has 0 saturated heterocycles. The van der Waals surface area contributed by atoms with Crippen molar-refractivity contribution in [1.29, 1.82) is 0 Å². The van der Waals surface area contributed by atoms with Crippen molar-refractivity contribution in [3.63, 3.8) is 0 Å². The summed E-state index contributed by atoms with van der Waals surface area (Å²) in [5.74, 6) is 1.19. The molecule has 102 valence electrons. The van der Waals surface area contributed by atoms with Crippen LogP contribution in [0.4, 0.5) is 0 Å². The van der Waals surface area contributed by atoms with Crippen molar-refractivity contribution < 1.29 is 0 Å². The predicted octanol–water partition coefficient (Wildman–Crippen LogP) is 2.14. The van der Waals surface area contributed by atoms with Crippen LogP contribution < -0.4 is 11.2 Å². The third-order valence-electron chi connectivity index (χ3n) is 2.68. The van der Waals surface area contributed by atoms with Gasteiger partial charge in [-0.3, -0.25) is 14.3 Å². The molecule has 18 heavy (non-hydrogen) atoms. The number of rotatable bonds is 6. The van der Waals surface area contributed by atoms with Crippen LogP contribution in [0, 0.1) is 5.92 Å². The average molecular weight is 291 g/mol. The number of nitrogens with one attached hydrogen (secondary N) is 1. The van der Waals surface area contributed by atoms with Gasteiger partial charge in [0.25, 0.3) is 5.56 Å². The van der Waals surface area contributed by atoms with Crippen LogP contribution in [-0.2, 0) is 13.0 Å². The topological polar surface area (TPSA) is 54.9 Å². The highest BCUT2D eigenvalue weighted by atomic mass is 35.5. The van der Waals surface area contributed by atoms with Gasteiger partial charge in [0.05, 0.1) is 5.56 Å². The van der Waals surface area contributed by atoms with E-state index in [2.05, 4.69) is 4.98 Å². The number of nitrogens with zero attached hydrogens (tertiary/aromatic N) is 1. The summed E-state index contributed by atoms with van der Waals surface area (Å²) in [4.78, 5) is 26.5. The first-order valence-corrected chi connectivity index (χ1v) is 7.78. The number of hydrogen-bond acceptors (Lipinski definition) is 3. The normalized spacial score (nSPS) is 12.7. The Hall–Kier alpha value is -0.680. The molecule has 0 fully saturated rings. The van der Waals surface area contributed by atoms with E-state index in [4.69, 9.17) is 11.6 Å². The summed E-state index contributed by atoms with van der Waals surface area (Å²) < 4.78 is 1.26. The van der Waals surface area contributed by atoms with Gasteiger partial charge in [0, 0.05) is 6.54 Å². The van der Waals surface area contributed by atoms with E-state index >= 15 is 0 Å².